The minimum atomic E-state index is 0.262. The summed E-state index contributed by atoms with van der Waals surface area (Å²) in [5.41, 5.74) is 3.28. The summed E-state index contributed by atoms with van der Waals surface area (Å²) in [5.74, 6) is 0.825. The first-order valence-corrected chi connectivity index (χ1v) is 8.22. The van der Waals surface area contributed by atoms with Crippen molar-refractivity contribution in [1.82, 2.24) is 14.7 Å². The summed E-state index contributed by atoms with van der Waals surface area (Å²) in [6.45, 7) is 12.5. The Morgan fingerprint density at radius 2 is 2.05 bits per heavy atom. The molecule has 0 radical (unpaired) electrons. The highest BCUT2D eigenvalue weighted by atomic mass is 16.2. The Morgan fingerprint density at radius 1 is 1.33 bits per heavy atom. The predicted molar refractivity (Wildman–Crippen MR) is 85.3 cm³/mol. The van der Waals surface area contributed by atoms with Crippen molar-refractivity contribution in [2.45, 2.75) is 72.9 Å². The summed E-state index contributed by atoms with van der Waals surface area (Å²) in [6.07, 6.45) is 4.02. The molecule has 1 aromatic heterocycles. The van der Waals surface area contributed by atoms with Crippen molar-refractivity contribution in [3.05, 3.63) is 17.0 Å². The quantitative estimate of drug-likeness (QED) is 0.855. The Bertz CT molecular complexity index is 504. The zero-order valence-electron chi connectivity index (χ0n) is 14.1. The van der Waals surface area contributed by atoms with Crippen LogP contribution in [0, 0.1) is 19.8 Å². The zero-order chi connectivity index (χ0) is 15.6. The number of amides is 1. The molecule has 1 saturated heterocycles. The molecule has 4 nitrogen and oxygen atoms in total. The molecule has 0 aromatic carbocycles. The summed E-state index contributed by atoms with van der Waals surface area (Å²) < 4.78 is 2.06. The molecule has 1 atom stereocenters. The smallest absolute Gasteiger partial charge is 0.227 e. The highest BCUT2D eigenvalue weighted by Crippen LogP contribution is 2.20. The van der Waals surface area contributed by atoms with Gasteiger partial charge in [-0.2, -0.15) is 5.10 Å². The molecule has 1 unspecified atom stereocenters. The SMILES string of the molecule is Cc1nn(CC(C)C)c(C)c1CC(=O)N1CCCCC1C. The van der Waals surface area contributed by atoms with Crippen molar-refractivity contribution in [2.24, 2.45) is 5.92 Å². The Kier molecular flexibility index (Phi) is 5.07. The molecule has 0 spiro atoms. The van der Waals surface area contributed by atoms with Crippen molar-refractivity contribution in [3.63, 3.8) is 0 Å². The summed E-state index contributed by atoms with van der Waals surface area (Å²) in [6, 6.07) is 0.387. The minimum Gasteiger partial charge on any atom is -0.340 e. The van der Waals surface area contributed by atoms with E-state index in [0.717, 1.165) is 42.9 Å². The maximum Gasteiger partial charge on any atom is 0.227 e. The van der Waals surface area contributed by atoms with Gasteiger partial charge in [0.1, 0.15) is 0 Å². The van der Waals surface area contributed by atoms with Gasteiger partial charge in [-0.25, -0.2) is 0 Å². The van der Waals surface area contributed by atoms with Crippen LogP contribution in [0.15, 0.2) is 0 Å². The number of hydrogen-bond donors (Lipinski definition) is 0. The van der Waals surface area contributed by atoms with E-state index in [1.54, 1.807) is 0 Å². The summed E-state index contributed by atoms with van der Waals surface area (Å²) in [7, 11) is 0. The second kappa shape index (κ2) is 6.63. The van der Waals surface area contributed by atoms with E-state index in [-0.39, 0.29) is 5.91 Å². The summed E-state index contributed by atoms with van der Waals surface area (Å²) >= 11 is 0. The number of likely N-dealkylation sites (tertiary alicyclic amines) is 1. The molecule has 1 amide bonds. The molecule has 0 saturated carbocycles. The standard InChI is InChI=1S/C17H29N3O/c1-12(2)11-20-15(5)16(14(4)18-20)10-17(21)19-9-7-6-8-13(19)3/h12-13H,6-11H2,1-5H3. The zero-order valence-corrected chi connectivity index (χ0v) is 14.1. The van der Waals surface area contributed by atoms with Crippen LogP contribution >= 0.6 is 0 Å². The van der Waals surface area contributed by atoms with E-state index in [1.807, 2.05) is 6.92 Å². The van der Waals surface area contributed by atoms with E-state index in [9.17, 15) is 4.79 Å². The van der Waals surface area contributed by atoms with Crippen LogP contribution in [0.4, 0.5) is 0 Å². The van der Waals surface area contributed by atoms with Crippen LogP contribution in [0.3, 0.4) is 0 Å². The van der Waals surface area contributed by atoms with Crippen LogP contribution in [0.2, 0.25) is 0 Å². The Morgan fingerprint density at radius 3 is 2.67 bits per heavy atom. The van der Waals surface area contributed by atoms with Gasteiger partial charge in [0, 0.05) is 30.4 Å². The Labute approximate surface area is 128 Å². The van der Waals surface area contributed by atoms with Crippen LogP contribution in [0.1, 0.15) is 57.0 Å². The molecule has 4 heteroatoms. The van der Waals surface area contributed by atoms with E-state index < -0.39 is 0 Å². The van der Waals surface area contributed by atoms with Crippen LogP contribution < -0.4 is 0 Å². The molecule has 2 rings (SSSR count). The number of aryl methyl sites for hydroxylation is 1. The Hall–Kier alpha value is -1.32. The predicted octanol–water partition coefficient (Wildman–Crippen LogP) is 3.10. The maximum atomic E-state index is 12.6. The molecule has 21 heavy (non-hydrogen) atoms. The second-order valence-corrected chi connectivity index (χ2v) is 6.83. The lowest BCUT2D eigenvalue weighted by molar-refractivity contribution is -0.133. The van der Waals surface area contributed by atoms with Gasteiger partial charge in [-0.1, -0.05) is 13.8 Å². The first-order valence-electron chi connectivity index (χ1n) is 8.22. The number of nitrogens with zero attached hydrogens (tertiary/aromatic N) is 3. The lowest BCUT2D eigenvalue weighted by Gasteiger charge is -2.33. The van der Waals surface area contributed by atoms with Crippen LogP contribution in [0.25, 0.3) is 0 Å². The topological polar surface area (TPSA) is 38.1 Å². The fraction of sp³-hybridized carbons (Fsp3) is 0.765. The highest BCUT2D eigenvalue weighted by Gasteiger charge is 2.25. The summed E-state index contributed by atoms with van der Waals surface area (Å²) in [5, 5.41) is 4.61. The highest BCUT2D eigenvalue weighted by molar-refractivity contribution is 5.79. The van der Waals surface area contributed by atoms with Crippen molar-refractivity contribution < 1.29 is 4.79 Å². The molecule has 0 N–H and O–H groups in total. The molecule has 118 valence electrons. The van der Waals surface area contributed by atoms with E-state index in [2.05, 4.69) is 42.4 Å². The molecule has 0 aliphatic carbocycles. The van der Waals surface area contributed by atoms with Gasteiger partial charge < -0.3 is 4.90 Å². The van der Waals surface area contributed by atoms with E-state index >= 15 is 0 Å². The van der Waals surface area contributed by atoms with Crippen LogP contribution in [0.5, 0.6) is 0 Å². The van der Waals surface area contributed by atoms with E-state index in [1.165, 1.54) is 6.42 Å². The lowest BCUT2D eigenvalue weighted by Crippen LogP contribution is -2.42. The van der Waals surface area contributed by atoms with Gasteiger partial charge in [0.15, 0.2) is 0 Å². The van der Waals surface area contributed by atoms with Gasteiger partial charge in [-0.3, -0.25) is 9.48 Å². The number of aromatic nitrogens is 2. The largest absolute Gasteiger partial charge is 0.340 e. The number of carbonyl (C=O) groups is 1. The fourth-order valence-corrected chi connectivity index (χ4v) is 3.23. The number of hydrogen-bond acceptors (Lipinski definition) is 2. The van der Waals surface area contributed by atoms with E-state index in [4.69, 9.17) is 0 Å². The number of carbonyl (C=O) groups excluding carboxylic acids is 1. The van der Waals surface area contributed by atoms with Crippen LogP contribution in [-0.2, 0) is 17.8 Å². The van der Waals surface area contributed by atoms with Crippen LogP contribution in [-0.4, -0.2) is 33.2 Å². The average molecular weight is 291 g/mol. The third kappa shape index (κ3) is 3.66. The van der Waals surface area contributed by atoms with Crippen molar-refractivity contribution in [2.75, 3.05) is 6.54 Å². The third-order valence-corrected chi connectivity index (χ3v) is 4.52. The lowest BCUT2D eigenvalue weighted by atomic mass is 10.0. The van der Waals surface area contributed by atoms with Crippen molar-refractivity contribution in [3.8, 4) is 0 Å². The molecule has 1 aliphatic rings. The molecule has 0 bridgehead atoms. The van der Waals surface area contributed by atoms with Gasteiger partial charge in [0.25, 0.3) is 0 Å². The molecular weight excluding hydrogens is 262 g/mol. The minimum absolute atomic E-state index is 0.262. The Balaban J connectivity index is 2.11. The van der Waals surface area contributed by atoms with E-state index in [0.29, 0.717) is 18.4 Å². The normalized spacial score (nSPS) is 19.3. The van der Waals surface area contributed by atoms with Gasteiger partial charge in [-0.05, 0) is 46.0 Å². The first-order chi connectivity index (χ1) is 9.90. The van der Waals surface area contributed by atoms with Gasteiger partial charge in [0.2, 0.25) is 5.91 Å². The monoisotopic (exact) mass is 291 g/mol. The summed E-state index contributed by atoms with van der Waals surface area (Å²) in [4.78, 5) is 14.7. The molecule has 1 fully saturated rings. The maximum absolute atomic E-state index is 12.6. The fourth-order valence-electron chi connectivity index (χ4n) is 3.23. The first kappa shape index (κ1) is 16.1. The second-order valence-electron chi connectivity index (χ2n) is 6.83. The molecule has 1 aromatic rings. The van der Waals surface area contributed by atoms with Crippen molar-refractivity contribution in [1.29, 1.82) is 0 Å². The molecular formula is C17H29N3O. The average Bonchev–Trinajstić information content (AvgIpc) is 2.66. The third-order valence-electron chi connectivity index (χ3n) is 4.52. The van der Waals surface area contributed by atoms with Gasteiger partial charge in [-0.15, -0.1) is 0 Å². The molecule has 2 heterocycles. The number of piperidine rings is 1. The number of rotatable bonds is 4. The van der Waals surface area contributed by atoms with Gasteiger partial charge in [0.05, 0.1) is 12.1 Å². The molecule has 1 aliphatic heterocycles. The van der Waals surface area contributed by atoms with Crippen molar-refractivity contribution >= 4 is 5.91 Å². The van der Waals surface area contributed by atoms with Gasteiger partial charge >= 0.3 is 0 Å².